The second kappa shape index (κ2) is 11.7. The zero-order valence-electron chi connectivity index (χ0n) is 13.7. The van der Waals surface area contributed by atoms with Gasteiger partial charge in [-0.15, -0.1) is 0 Å². The van der Waals surface area contributed by atoms with Gasteiger partial charge in [-0.2, -0.15) is 0 Å². The van der Waals surface area contributed by atoms with Crippen molar-refractivity contribution >= 4 is 108 Å². The van der Waals surface area contributed by atoms with Gasteiger partial charge in [-0.3, -0.25) is 14.2 Å². The van der Waals surface area contributed by atoms with Gasteiger partial charge in [-0.1, -0.05) is 19.3 Å². The molecule has 3 radical (unpaired) electrons. The Hall–Kier alpha value is 2.09. The number of carboxylic acid groups (broad SMARTS) is 2. The van der Waals surface area contributed by atoms with Crippen LogP contribution < -0.4 is 0 Å². The van der Waals surface area contributed by atoms with Crippen LogP contribution in [0.3, 0.4) is 0 Å². The van der Waals surface area contributed by atoms with Gasteiger partial charge in [0.15, 0.2) is 5.16 Å². The second-order valence-corrected chi connectivity index (χ2v) is 7.23. The van der Waals surface area contributed by atoms with Crippen LogP contribution in [0.1, 0.15) is 39.0 Å². The van der Waals surface area contributed by atoms with E-state index in [1.165, 1.54) is 0 Å². The number of hydrogen-bond donors (Lipinski definition) is 4. The van der Waals surface area contributed by atoms with Gasteiger partial charge in [0, 0.05) is 88.7 Å². The Morgan fingerprint density at radius 1 is 1.05 bits per heavy atom. The molecule has 113 valence electrons. The topological polar surface area (TPSA) is 132 Å². The Morgan fingerprint density at radius 2 is 1.45 bits per heavy atom. The molecule has 11 heteroatoms. The van der Waals surface area contributed by atoms with Gasteiger partial charge in [0.05, 0.1) is 5.92 Å². The molecule has 7 nitrogen and oxygen atoms in total. The molecule has 2 unspecified atom stereocenters. The third-order valence-electron chi connectivity index (χ3n) is 4.03. The van der Waals surface area contributed by atoms with Crippen molar-refractivity contribution in [3.05, 3.63) is 0 Å². The fraction of sp³-hybridized carbons (Fsp3) is 0.818. The number of hydrogen-bond acceptors (Lipinski definition) is 3. The van der Waals surface area contributed by atoms with Crippen molar-refractivity contribution < 1.29 is 34.2 Å². The van der Waals surface area contributed by atoms with Crippen LogP contribution in [0.5, 0.6) is 0 Å². The summed E-state index contributed by atoms with van der Waals surface area (Å²) in [6, 6.07) is 0. The van der Waals surface area contributed by atoms with Crippen LogP contribution in [0.15, 0.2) is 0 Å². The van der Waals surface area contributed by atoms with Gasteiger partial charge in [-0.25, -0.2) is 0 Å². The van der Waals surface area contributed by atoms with Gasteiger partial charge in [0.1, 0.15) is 0 Å². The van der Waals surface area contributed by atoms with Crippen molar-refractivity contribution in [2.75, 3.05) is 0 Å². The first kappa shape index (κ1) is 28.9. The predicted molar refractivity (Wildman–Crippen MR) is 83.0 cm³/mol. The molecule has 1 saturated carbocycles. The summed E-state index contributed by atoms with van der Waals surface area (Å²) in [5.41, 5.74) is 0. The zero-order chi connectivity index (χ0) is 14.8. The minimum absolute atomic E-state index is 0. The molecule has 22 heavy (non-hydrogen) atoms. The van der Waals surface area contributed by atoms with Crippen LogP contribution in [0.2, 0.25) is 0 Å². The van der Waals surface area contributed by atoms with Crippen molar-refractivity contribution in [3.63, 3.8) is 0 Å². The van der Waals surface area contributed by atoms with Crippen LogP contribution in [-0.4, -0.2) is 126 Å². The van der Waals surface area contributed by atoms with Gasteiger partial charge >= 0.3 is 19.5 Å². The van der Waals surface area contributed by atoms with Crippen LogP contribution in [0.25, 0.3) is 0 Å². The number of carboxylic acids is 2. The van der Waals surface area contributed by atoms with Crippen LogP contribution in [0, 0.1) is 11.8 Å². The molecule has 0 aromatic rings. The molecule has 0 spiro atoms. The monoisotopic (exact) mass is 363 g/mol. The summed E-state index contributed by atoms with van der Waals surface area (Å²) in [4.78, 5) is 41.3. The molecule has 1 aliphatic rings. The third kappa shape index (κ3) is 6.43. The van der Waals surface area contributed by atoms with Crippen molar-refractivity contribution in [2.45, 2.75) is 44.2 Å². The van der Waals surface area contributed by atoms with Crippen LogP contribution in [0.4, 0.5) is 0 Å². The maximum Gasteiger partial charge on any atom is 0.343 e. The summed E-state index contributed by atoms with van der Waals surface area (Å²) in [6.45, 7) is 0.837. The first-order chi connectivity index (χ1) is 8.62. The SMILES string of the molecule is CC(C(=O)O)(C(C(=O)O)C1CCCCC1)P(=O)(O)O.[Na].[Na].[Na]. The quantitative estimate of drug-likeness (QED) is 0.404. The molecule has 0 aliphatic heterocycles. The maximum atomic E-state index is 11.5. The maximum absolute atomic E-state index is 11.5. The van der Waals surface area contributed by atoms with E-state index < -0.39 is 36.5 Å². The van der Waals surface area contributed by atoms with Crippen molar-refractivity contribution in [1.82, 2.24) is 0 Å². The van der Waals surface area contributed by atoms with Gasteiger partial charge < -0.3 is 20.0 Å². The molecule has 0 bridgehead atoms. The molecule has 1 rings (SSSR count). The summed E-state index contributed by atoms with van der Waals surface area (Å²) in [6.07, 6.45) is 3.42. The molecular weight excluding hydrogens is 344 g/mol. The Morgan fingerprint density at radius 3 is 1.73 bits per heavy atom. The first-order valence-corrected chi connectivity index (χ1v) is 7.75. The molecule has 0 saturated heterocycles. The van der Waals surface area contributed by atoms with E-state index in [4.69, 9.17) is 5.11 Å². The molecule has 1 fully saturated rings. The normalized spacial score (nSPS) is 19.4. The summed E-state index contributed by atoms with van der Waals surface area (Å²) < 4.78 is 11.5. The third-order valence-corrected chi connectivity index (χ3v) is 5.71. The molecule has 4 N–H and O–H groups in total. The Labute approximate surface area is 196 Å². The summed E-state index contributed by atoms with van der Waals surface area (Å²) in [5, 5.41) is 15.8. The van der Waals surface area contributed by atoms with E-state index in [1.807, 2.05) is 0 Å². The Kier molecular flexibility index (Phi) is 15.3. The summed E-state index contributed by atoms with van der Waals surface area (Å²) in [5.74, 6) is -5.31. The van der Waals surface area contributed by atoms with Crippen molar-refractivity contribution in [2.24, 2.45) is 11.8 Å². The largest absolute Gasteiger partial charge is 0.481 e. The molecule has 0 heterocycles. The average molecular weight is 363 g/mol. The summed E-state index contributed by atoms with van der Waals surface area (Å²) in [7, 11) is -5.10. The number of carbonyl (C=O) groups is 2. The Bertz CT molecular complexity index is 422. The standard InChI is InChI=1S/C11H19O7P.3Na/c1-11(10(14)15,19(16,17)18)8(9(12)13)7-5-3-2-4-6-7;;;/h7-8H,2-6H2,1H3,(H,12,13)(H,14,15)(H2,16,17,18);;;. The molecular formula is C11H19Na3O7P. The fourth-order valence-electron chi connectivity index (χ4n) is 2.81. The van der Waals surface area contributed by atoms with E-state index in [2.05, 4.69) is 0 Å². The number of aliphatic carboxylic acids is 2. The predicted octanol–water partition coefficient (Wildman–Crippen LogP) is 0.146. The van der Waals surface area contributed by atoms with Crippen LogP contribution in [-0.2, 0) is 14.2 Å². The number of rotatable bonds is 5. The molecule has 0 aromatic heterocycles. The minimum atomic E-state index is -5.10. The Balaban J connectivity index is -0.00000120. The molecule has 0 amide bonds. The first-order valence-electron chi connectivity index (χ1n) is 6.14. The van der Waals surface area contributed by atoms with E-state index in [0.29, 0.717) is 12.8 Å². The average Bonchev–Trinajstić information content (AvgIpc) is 2.28. The zero-order valence-corrected chi connectivity index (χ0v) is 20.5. The van der Waals surface area contributed by atoms with E-state index >= 15 is 0 Å². The van der Waals surface area contributed by atoms with Gasteiger partial charge in [0.25, 0.3) is 0 Å². The molecule has 2 atom stereocenters. The summed E-state index contributed by atoms with van der Waals surface area (Å²) >= 11 is 0. The van der Waals surface area contributed by atoms with E-state index in [0.717, 1.165) is 26.2 Å². The van der Waals surface area contributed by atoms with Gasteiger partial charge in [0.2, 0.25) is 0 Å². The fourth-order valence-corrected chi connectivity index (χ4v) is 3.74. The van der Waals surface area contributed by atoms with E-state index in [1.54, 1.807) is 0 Å². The van der Waals surface area contributed by atoms with Crippen molar-refractivity contribution in [3.8, 4) is 0 Å². The van der Waals surface area contributed by atoms with Gasteiger partial charge in [-0.05, 0) is 25.7 Å². The molecule has 0 aromatic carbocycles. The second-order valence-electron chi connectivity index (χ2n) is 5.21. The van der Waals surface area contributed by atoms with Crippen LogP contribution >= 0.6 is 7.60 Å². The van der Waals surface area contributed by atoms with Crippen molar-refractivity contribution in [1.29, 1.82) is 0 Å². The van der Waals surface area contributed by atoms with E-state index in [-0.39, 0.29) is 88.7 Å². The smallest absolute Gasteiger partial charge is 0.343 e. The molecule has 1 aliphatic carbocycles. The minimum Gasteiger partial charge on any atom is -0.481 e. The van der Waals surface area contributed by atoms with E-state index in [9.17, 15) is 29.0 Å².